The Labute approximate surface area is 204 Å². The lowest BCUT2D eigenvalue weighted by atomic mass is 10.00. The molecule has 1 aliphatic rings. The minimum atomic E-state index is -0.809. The highest BCUT2D eigenvalue weighted by atomic mass is 79.9. The number of hydrogen-bond donors (Lipinski definition) is 1. The number of ether oxygens (including phenoxy) is 1. The molecule has 0 aromatic heterocycles. The van der Waals surface area contributed by atoms with Crippen molar-refractivity contribution in [3.8, 4) is 5.75 Å². The fraction of sp³-hybridized carbons (Fsp3) is 0.115. The lowest BCUT2D eigenvalue weighted by Gasteiger charge is -2.26. The van der Waals surface area contributed by atoms with Crippen LogP contribution >= 0.6 is 15.9 Å². The van der Waals surface area contributed by atoms with E-state index in [-0.39, 0.29) is 17.8 Å². The van der Waals surface area contributed by atoms with Crippen LogP contribution in [0.4, 0.5) is 14.9 Å². The summed E-state index contributed by atoms with van der Waals surface area (Å²) in [6.07, 6.45) is 1.68. The van der Waals surface area contributed by atoms with Crippen LogP contribution in [0.1, 0.15) is 22.3 Å². The summed E-state index contributed by atoms with van der Waals surface area (Å²) >= 11 is 3.50. The third kappa shape index (κ3) is 4.63. The van der Waals surface area contributed by atoms with E-state index < -0.39 is 17.8 Å². The molecular weight excluding hydrogens is 503 g/mol. The van der Waals surface area contributed by atoms with Gasteiger partial charge in [-0.05, 0) is 60.0 Å². The van der Waals surface area contributed by atoms with Gasteiger partial charge in [0.1, 0.15) is 17.1 Å². The predicted octanol–water partition coefficient (Wildman–Crippen LogP) is 5.16. The number of carbonyl (C=O) groups excluding carboxylic acids is 3. The number of barbiturate groups is 1. The van der Waals surface area contributed by atoms with Gasteiger partial charge in [0.15, 0.2) is 0 Å². The number of nitrogens with zero attached hydrogens (tertiary/aromatic N) is 1. The van der Waals surface area contributed by atoms with Crippen molar-refractivity contribution in [2.45, 2.75) is 13.3 Å². The number of halogens is 2. The maximum atomic E-state index is 14.2. The second-order valence-corrected chi connectivity index (χ2v) is 8.60. The predicted molar refractivity (Wildman–Crippen MR) is 130 cm³/mol. The Morgan fingerprint density at radius 3 is 2.53 bits per heavy atom. The average Bonchev–Trinajstić information content (AvgIpc) is 2.79. The first-order chi connectivity index (χ1) is 16.3. The second kappa shape index (κ2) is 9.61. The molecule has 0 saturated carbocycles. The van der Waals surface area contributed by atoms with Crippen molar-refractivity contribution in [2.75, 3.05) is 12.0 Å². The van der Waals surface area contributed by atoms with Crippen LogP contribution in [-0.2, 0) is 16.0 Å². The van der Waals surface area contributed by atoms with Gasteiger partial charge in [0.2, 0.25) is 0 Å². The van der Waals surface area contributed by atoms with Crippen LogP contribution in [0.5, 0.6) is 5.75 Å². The highest BCUT2D eigenvalue weighted by Crippen LogP contribution is 2.33. The molecule has 0 atom stereocenters. The Morgan fingerprint density at radius 2 is 1.82 bits per heavy atom. The Kier molecular flexibility index (Phi) is 6.61. The summed E-state index contributed by atoms with van der Waals surface area (Å²) < 4.78 is 20.3. The Balaban J connectivity index is 1.72. The molecule has 0 spiro atoms. The first-order valence-corrected chi connectivity index (χ1v) is 11.2. The number of rotatable bonds is 5. The molecule has 1 fully saturated rings. The van der Waals surface area contributed by atoms with Crippen molar-refractivity contribution in [3.05, 3.63) is 98.8 Å². The molecule has 4 rings (SSSR count). The fourth-order valence-electron chi connectivity index (χ4n) is 3.73. The van der Waals surface area contributed by atoms with Gasteiger partial charge in [0.05, 0.1) is 12.8 Å². The van der Waals surface area contributed by atoms with Gasteiger partial charge in [-0.15, -0.1) is 0 Å². The Morgan fingerprint density at radius 1 is 1.06 bits per heavy atom. The quantitative estimate of drug-likeness (QED) is 0.370. The number of amides is 4. The Bertz CT molecular complexity index is 1350. The molecule has 172 valence electrons. The van der Waals surface area contributed by atoms with Crippen LogP contribution in [0.2, 0.25) is 0 Å². The van der Waals surface area contributed by atoms with Crippen LogP contribution in [0, 0.1) is 12.7 Å². The third-order valence-corrected chi connectivity index (χ3v) is 6.10. The van der Waals surface area contributed by atoms with Crippen molar-refractivity contribution < 1.29 is 23.5 Å². The van der Waals surface area contributed by atoms with Crippen molar-refractivity contribution >= 4 is 45.5 Å². The van der Waals surface area contributed by atoms with Crippen molar-refractivity contribution in [1.29, 1.82) is 0 Å². The average molecular weight is 523 g/mol. The standard InChI is InChI=1S/C26H20BrFN2O4/c1-15-6-5-8-18(10-15)30-25(32)20(24(31)29-26(30)33)11-16-12-21(27)19(23(13-16)34-2)14-17-7-3-4-9-22(17)28/h3-13H,14H2,1-2H3,(H,29,31,33)/b20-11+. The lowest BCUT2D eigenvalue weighted by Crippen LogP contribution is -2.54. The van der Waals surface area contributed by atoms with Crippen LogP contribution in [0.3, 0.4) is 0 Å². The molecule has 0 unspecified atom stereocenters. The van der Waals surface area contributed by atoms with E-state index >= 15 is 0 Å². The van der Waals surface area contributed by atoms with Gasteiger partial charge in [-0.3, -0.25) is 14.9 Å². The Hall–Kier alpha value is -3.78. The zero-order valence-corrected chi connectivity index (χ0v) is 20.0. The SMILES string of the molecule is COc1cc(/C=C2\C(=O)NC(=O)N(c3cccc(C)c3)C2=O)cc(Br)c1Cc1ccccc1F. The molecule has 0 bridgehead atoms. The van der Waals surface area contributed by atoms with E-state index in [4.69, 9.17) is 4.74 Å². The molecule has 4 amide bonds. The van der Waals surface area contributed by atoms with Gasteiger partial charge < -0.3 is 4.74 Å². The largest absolute Gasteiger partial charge is 0.496 e. The van der Waals surface area contributed by atoms with Gasteiger partial charge in [-0.2, -0.15) is 0 Å². The van der Waals surface area contributed by atoms with E-state index in [2.05, 4.69) is 21.2 Å². The van der Waals surface area contributed by atoms with Crippen molar-refractivity contribution in [1.82, 2.24) is 5.32 Å². The number of imide groups is 2. The van der Waals surface area contributed by atoms with Crippen LogP contribution in [0.25, 0.3) is 6.08 Å². The van der Waals surface area contributed by atoms with E-state index in [9.17, 15) is 18.8 Å². The molecule has 6 nitrogen and oxygen atoms in total. The van der Waals surface area contributed by atoms with Crippen LogP contribution in [-0.4, -0.2) is 25.0 Å². The normalized spacial score (nSPS) is 15.0. The van der Waals surface area contributed by atoms with Gasteiger partial charge >= 0.3 is 6.03 Å². The summed E-state index contributed by atoms with van der Waals surface area (Å²) in [5, 5.41) is 2.22. The van der Waals surface area contributed by atoms with Crippen LogP contribution < -0.4 is 15.0 Å². The molecule has 0 aliphatic carbocycles. The summed E-state index contributed by atoms with van der Waals surface area (Å²) in [6, 6.07) is 15.9. The van der Waals surface area contributed by atoms with Crippen molar-refractivity contribution in [3.63, 3.8) is 0 Å². The number of nitrogens with one attached hydrogen (secondary N) is 1. The smallest absolute Gasteiger partial charge is 0.335 e. The minimum Gasteiger partial charge on any atom is -0.496 e. The molecule has 8 heteroatoms. The summed E-state index contributed by atoms with van der Waals surface area (Å²) in [4.78, 5) is 39.0. The van der Waals surface area contributed by atoms with Crippen LogP contribution in [0.15, 0.2) is 70.7 Å². The molecule has 1 aliphatic heterocycles. The number of urea groups is 1. The van der Waals surface area contributed by atoms with Gasteiger partial charge in [0, 0.05) is 16.5 Å². The first kappa shape index (κ1) is 23.4. The summed E-state index contributed by atoms with van der Waals surface area (Å²) in [5.74, 6) is -1.39. The molecule has 3 aromatic carbocycles. The number of methoxy groups -OCH3 is 1. The highest BCUT2D eigenvalue weighted by molar-refractivity contribution is 9.10. The number of aryl methyl sites for hydroxylation is 1. The summed E-state index contributed by atoms with van der Waals surface area (Å²) in [7, 11) is 1.49. The molecule has 1 N–H and O–H groups in total. The van der Waals surface area contributed by atoms with E-state index in [1.54, 1.807) is 48.5 Å². The van der Waals surface area contributed by atoms with E-state index in [1.165, 1.54) is 19.3 Å². The monoisotopic (exact) mass is 522 g/mol. The van der Waals surface area contributed by atoms with Gasteiger partial charge in [-0.1, -0.05) is 46.3 Å². The number of anilines is 1. The zero-order chi connectivity index (χ0) is 24.4. The highest BCUT2D eigenvalue weighted by Gasteiger charge is 2.36. The molecule has 1 saturated heterocycles. The maximum Gasteiger partial charge on any atom is 0.335 e. The van der Waals surface area contributed by atoms with Crippen molar-refractivity contribution in [2.24, 2.45) is 0 Å². The number of benzene rings is 3. The molecular formula is C26H20BrFN2O4. The first-order valence-electron chi connectivity index (χ1n) is 10.4. The minimum absolute atomic E-state index is 0.197. The molecule has 34 heavy (non-hydrogen) atoms. The van der Waals surface area contributed by atoms with E-state index in [1.807, 2.05) is 13.0 Å². The third-order valence-electron chi connectivity index (χ3n) is 5.39. The zero-order valence-electron chi connectivity index (χ0n) is 18.4. The number of carbonyl (C=O) groups is 3. The fourth-order valence-corrected chi connectivity index (χ4v) is 4.33. The lowest BCUT2D eigenvalue weighted by molar-refractivity contribution is -0.122. The maximum absolute atomic E-state index is 14.2. The van der Waals surface area contributed by atoms with E-state index in [0.29, 0.717) is 32.6 Å². The summed E-state index contributed by atoms with van der Waals surface area (Å²) in [6.45, 7) is 1.84. The molecule has 3 aromatic rings. The summed E-state index contributed by atoms with van der Waals surface area (Å²) in [5.41, 5.74) is 2.74. The number of hydrogen-bond acceptors (Lipinski definition) is 4. The van der Waals surface area contributed by atoms with Gasteiger partial charge in [-0.25, -0.2) is 14.1 Å². The topological polar surface area (TPSA) is 75.7 Å². The second-order valence-electron chi connectivity index (χ2n) is 7.75. The molecule has 1 heterocycles. The van der Waals surface area contributed by atoms with E-state index in [0.717, 1.165) is 10.5 Å². The van der Waals surface area contributed by atoms with Gasteiger partial charge in [0.25, 0.3) is 11.8 Å². The molecule has 0 radical (unpaired) electrons.